The molecule has 17 heavy (non-hydrogen) atoms. The Kier molecular flexibility index (Phi) is 4.54. The van der Waals surface area contributed by atoms with E-state index in [4.69, 9.17) is 9.47 Å². The SMILES string of the molecule is COCC(NC1CC(OC)C1)c1ccccc1. The van der Waals surface area contributed by atoms with Crippen LogP contribution in [0.25, 0.3) is 0 Å². The molecule has 3 heteroatoms. The Morgan fingerprint density at radius 2 is 1.94 bits per heavy atom. The number of rotatable bonds is 6. The standard InChI is InChI=1S/C14H21NO2/c1-16-10-14(11-6-4-3-5-7-11)15-12-8-13(9-12)17-2/h3-7,12-15H,8-10H2,1-2H3. The number of hydrogen-bond donors (Lipinski definition) is 1. The maximum absolute atomic E-state index is 5.29. The highest BCUT2D eigenvalue weighted by Gasteiger charge is 2.30. The number of hydrogen-bond acceptors (Lipinski definition) is 3. The third-order valence-electron chi connectivity index (χ3n) is 3.40. The zero-order valence-electron chi connectivity index (χ0n) is 10.6. The molecule has 94 valence electrons. The minimum absolute atomic E-state index is 0.281. The molecule has 1 N–H and O–H groups in total. The minimum Gasteiger partial charge on any atom is -0.383 e. The van der Waals surface area contributed by atoms with E-state index in [1.807, 2.05) is 6.07 Å². The molecule has 0 aromatic heterocycles. The van der Waals surface area contributed by atoms with Crippen LogP contribution in [0, 0.1) is 0 Å². The maximum atomic E-state index is 5.29. The normalized spacial score (nSPS) is 25.3. The topological polar surface area (TPSA) is 30.5 Å². The van der Waals surface area contributed by atoms with Gasteiger partial charge in [-0.05, 0) is 18.4 Å². The van der Waals surface area contributed by atoms with Crippen LogP contribution < -0.4 is 5.32 Å². The first-order chi connectivity index (χ1) is 8.33. The Balaban J connectivity index is 1.90. The second-order valence-electron chi connectivity index (χ2n) is 4.61. The molecule has 1 aliphatic rings. The first-order valence-corrected chi connectivity index (χ1v) is 6.16. The van der Waals surface area contributed by atoms with Gasteiger partial charge in [0.25, 0.3) is 0 Å². The molecule has 0 radical (unpaired) electrons. The average Bonchev–Trinajstić information content (AvgIpc) is 2.33. The molecule has 1 atom stereocenters. The van der Waals surface area contributed by atoms with Crippen molar-refractivity contribution in [2.75, 3.05) is 20.8 Å². The summed E-state index contributed by atoms with van der Waals surface area (Å²) in [4.78, 5) is 0. The Bertz CT molecular complexity index is 322. The summed E-state index contributed by atoms with van der Waals surface area (Å²) in [5, 5.41) is 3.63. The molecule has 0 saturated heterocycles. The van der Waals surface area contributed by atoms with E-state index in [-0.39, 0.29) is 6.04 Å². The van der Waals surface area contributed by atoms with Gasteiger partial charge in [0.15, 0.2) is 0 Å². The average molecular weight is 235 g/mol. The molecule has 1 fully saturated rings. The van der Waals surface area contributed by atoms with Gasteiger partial charge in [0.05, 0.1) is 18.8 Å². The van der Waals surface area contributed by atoms with Gasteiger partial charge >= 0.3 is 0 Å². The van der Waals surface area contributed by atoms with Gasteiger partial charge in [-0.1, -0.05) is 30.3 Å². The molecule has 0 spiro atoms. The van der Waals surface area contributed by atoms with Crippen LogP contribution in [-0.4, -0.2) is 33.0 Å². The van der Waals surface area contributed by atoms with Crippen molar-refractivity contribution in [3.05, 3.63) is 35.9 Å². The number of benzene rings is 1. The molecular formula is C14H21NO2. The van der Waals surface area contributed by atoms with Crippen LogP contribution in [-0.2, 0) is 9.47 Å². The van der Waals surface area contributed by atoms with Crippen molar-refractivity contribution in [3.8, 4) is 0 Å². The van der Waals surface area contributed by atoms with E-state index in [0.717, 1.165) is 12.8 Å². The largest absolute Gasteiger partial charge is 0.383 e. The molecule has 1 saturated carbocycles. The van der Waals surface area contributed by atoms with Crippen LogP contribution in [0.4, 0.5) is 0 Å². The molecule has 1 aliphatic carbocycles. The quantitative estimate of drug-likeness (QED) is 0.819. The summed E-state index contributed by atoms with van der Waals surface area (Å²) in [7, 11) is 3.53. The van der Waals surface area contributed by atoms with Gasteiger partial charge in [0, 0.05) is 20.3 Å². The Morgan fingerprint density at radius 3 is 2.53 bits per heavy atom. The van der Waals surface area contributed by atoms with E-state index in [2.05, 4.69) is 29.6 Å². The van der Waals surface area contributed by atoms with Crippen LogP contribution in [0.3, 0.4) is 0 Å². The van der Waals surface area contributed by atoms with E-state index >= 15 is 0 Å². The van der Waals surface area contributed by atoms with Crippen molar-refractivity contribution in [3.63, 3.8) is 0 Å². The summed E-state index contributed by atoms with van der Waals surface area (Å²) in [5.74, 6) is 0. The zero-order chi connectivity index (χ0) is 12.1. The van der Waals surface area contributed by atoms with Crippen molar-refractivity contribution in [1.29, 1.82) is 0 Å². The van der Waals surface area contributed by atoms with E-state index < -0.39 is 0 Å². The summed E-state index contributed by atoms with van der Waals surface area (Å²) in [6.07, 6.45) is 2.64. The Labute approximate surface area is 103 Å². The molecule has 1 aromatic rings. The first-order valence-electron chi connectivity index (χ1n) is 6.16. The van der Waals surface area contributed by atoms with Gasteiger partial charge in [0.1, 0.15) is 0 Å². The lowest BCUT2D eigenvalue weighted by molar-refractivity contribution is 0.0103. The fourth-order valence-electron chi connectivity index (χ4n) is 2.27. The summed E-state index contributed by atoms with van der Waals surface area (Å²) < 4.78 is 10.6. The fraction of sp³-hybridized carbons (Fsp3) is 0.571. The fourth-order valence-corrected chi connectivity index (χ4v) is 2.27. The summed E-state index contributed by atoms with van der Waals surface area (Å²) in [6, 6.07) is 11.3. The summed E-state index contributed by atoms with van der Waals surface area (Å²) in [5.41, 5.74) is 1.29. The van der Waals surface area contributed by atoms with Crippen LogP contribution >= 0.6 is 0 Å². The maximum Gasteiger partial charge on any atom is 0.0657 e. The summed E-state index contributed by atoms with van der Waals surface area (Å²) in [6.45, 7) is 0.707. The van der Waals surface area contributed by atoms with Crippen LogP contribution in [0.15, 0.2) is 30.3 Å². The van der Waals surface area contributed by atoms with Gasteiger partial charge in [-0.3, -0.25) is 0 Å². The molecular weight excluding hydrogens is 214 g/mol. The molecule has 1 unspecified atom stereocenters. The highest BCUT2D eigenvalue weighted by molar-refractivity contribution is 5.19. The van der Waals surface area contributed by atoms with Gasteiger partial charge in [0.2, 0.25) is 0 Å². The van der Waals surface area contributed by atoms with E-state index in [1.54, 1.807) is 14.2 Å². The lowest BCUT2D eigenvalue weighted by Crippen LogP contribution is -2.47. The second kappa shape index (κ2) is 6.15. The lowest BCUT2D eigenvalue weighted by Gasteiger charge is -2.37. The van der Waals surface area contributed by atoms with Crippen molar-refractivity contribution in [2.24, 2.45) is 0 Å². The Hall–Kier alpha value is -0.900. The van der Waals surface area contributed by atoms with Gasteiger partial charge in [-0.2, -0.15) is 0 Å². The number of methoxy groups -OCH3 is 2. The van der Waals surface area contributed by atoms with E-state index in [1.165, 1.54) is 5.56 Å². The van der Waals surface area contributed by atoms with Crippen molar-refractivity contribution >= 4 is 0 Å². The van der Waals surface area contributed by atoms with Gasteiger partial charge in [-0.15, -0.1) is 0 Å². The monoisotopic (exact) mass is 235 g/mol. The molecule has 0 heterocycles. The molecule has 3 nitrogen and oxygen atoms in total. The molecule has 0 bridgehead atoms. The smallest absolute Gasteiger partial charge is 0.0657 e. The van der Waals surface area contributed by atoms with Crippen LogP contribution in [0.1, 0.15) is 24.4 Å². The number of nitrogens with one attached hydrogen (secondary N) is 1. The highest BCUT2D eigenvalue weighted by Crippen LogP contribution is 2.25. The number of ether oxygens (including phenoxy) is 2. The third kappa shape index (κ3) is 3.28. The van der Waals surface area contributed by atoms with Crippen molar-refractivity contribution in [2.45, 2.75) is 31.0 Å². The zero-order valence-corrected chi connectivity index (χ0v) is 10.6. The Morgan fingerprint density at radius 1 is 1.24 bits per heavy atom. The van der Waals surface area contributed by atoms with Gasteiger partial charge < -0.3 is 14.8 Å². The van der Waals surface area contributed by atoms with Gasteiger partial charge in [-0.25, -0.2) is 0 Å². The summed E-state index contributed by atoms with van der Waals surface area (Å²) >= 11 is 0. The minimum atomic E-state index is 0.281. The van der Waals surface area contributed by atoms with E-state index in [0.29, 0.717) is 18.8 Å². The van der Waals surface area contributed by atoms with Crippen LogP contribution in [0.5, 0.6) is 0 Å². The first kappa shape index (κ1) is 12.6. The molecule has 0 aliphatic heterocycles. The molecule has 1 aromatic carbocycles. The third-order valence-corrected chi connectivity index (χ3v) is 3.40. The predicted octanol–water partition coefficient (Wildman–Crippen LogP) is 2.14. The predicted molar refractivity (Wildman–Crippen MR) is 68.0 cm³/mol. The molecule has 0 amide bonds. The van der Waals surface area contributed by atoms with Crippen LogP contribution in [0.2, 0.25) is 0 Å². The lowest BCUT2D eigenvalue weighted by atomic mass is 9.88. The second-order valence-corrected chi connectivity index (χ2v) is 4.61. The molecule has 2 rings (SSSR count). The van der Waals surface area contributed by atoms with E-state index in [9.17, 15) is 0 Å². The van der Waals surface area contributed by atoms with Crippen molar-refractivity contribution < 1.29 is 9.47 Å². The highest BCUT2D eigenvalue weighted by atomic mass is 16.5. The van der Waals surface area contributed by atoms with Crippen molar-refractivity contribution in [1.82, 2.24) is 5.32 Å².